The number of sulfone groups is 1. The first-order valence-corrected chi connectivity index (χ1v) is 10.5. The number of aryl methyl sites for hydroxylation is 1. The number of fused-ring (bicyclic) bond motifs is 1. The van der Waals surface area contributed by atoms with Crippen LogP contribution in [0.5, 0.6) is 0 Å². The first kappa shape index (κ1) is 19.8. The molecular formula is C22H17FN2O4S. The molecule has 0 aliphatic heterocycles. The van der Waals surface area contributed by atoms with Crippen molar-refractivity contribution in [1.82, 2.24) is 10.3 Å². The van der Waals surface area contributed by atoms with E-state index in [1.165, 1.54) is 30.5 Å². The number of amides is 1. The largest absolute Gasteiger partial charge is 0.449 e. The molecule has 8 heteroatoms. The van der Waals surface area contributed by atoms with Crippen LogP contribution in [0, 0.1) is 12.7 Å². The summed E-state index contributed by atoms with van der Waals surface area (Å²) in [7, 11) is -3.84. The Hall–Kier alpha value is -3.52. The van der Waals surface area contributed by atoms with Crippen LogP contribution in [0.15, 0.2) is 81.2 Å². The molecule has 4 aromatic rings. The molecule has 0 aliphatic carbocycles. The number of nitrogens with one attached hydrogen (secondary N) is 1. The summed E-state index contributed by atoms with van der Waals surface area (Å²) in [6, 6.07) is 13.1. The maximum absolute atomic E-state index is 13.6. The molecule has 0 saturated heterocycles. The van der Waals surface area contributed by atoms with Crippen LogP contribution in [0.2, 0.25) is 0 Å². The minimum atomic E-state index is -3.84. The summed E-state index contributed by atoms with van der Waals surface area (Å²) in [5.74, 6) is -0.828. The van der Waals surface area contributed by atoms with E-state index in [1.54, 1.807) is 37.4 Å². The maximum Gasteiger partial charge on any atom is 0.287 e. The SMILES string of the molecule is Cc1cc(F)cc(S(=O)(=O)c2ccc(CNC(=O)c3cc4ccncc4o3)cc2)c1. The highest BCUT2D eigenvalue weighted by atomic mass is 32.2. The molecule has 30 heavy (non-hydrogen) atoms. The van der Waals surface area contributed by atoms with Crippen LogP contribution in [0.3, 0.4) is 0 Å². The van der Waals surface area contributed by atoms with Crippen molar-refractivity contribution < 1.29 is 22.0 Å². The number of nitrogens with zero attached hydrogens (tertiary/aromatic N) is 1. The van der Waals surface area contributed by atoms with Gasteiger partial charge in [-0.25, -0.2) is 12.8 Å². The fourth-order valence-electron chi connectivity index (χ4n) is 3.05. The molecule has 0 fully saturated rings. The average molecular weight is 424 g/mol. The molecule has 0 aliphatic rings. The van der Waals surface area contributed by atoms with Crippen molar-refractivity contribution in [2.45, 2.75) is 23.3 Å². The molecule has 2 heterocycles. The summed E-state index contributed by atoms with van der Waals surface area (Å²) in [6.45, 7) is 1.82. The van der Waals surface area contributed by atoms with Crippen LogP contribution in [-0.4, -0.2) is 19.3 Å². The molecule has 0 radical (unpaired) electrons. The number of halogens is 1. The summed E-state index contributed by atoms with van der Waals surface area (Å²) in [6.07, 6.45) is 3.14. The number of rotatable bonds is 5. The van der Waals surface area contributed by atoms with Gasteiger partial charge in [0.25, 0.3) is 5.91 Å². The second-order valence-electron chi connectivity index (χ2n) is 6.82. The van der Waals surface area contributed by atoms with Gasteiger partial charge in [-0.05, 0) is 60.5 Å². The van der Waals surface area contributed by atoms with E-state index < -0.39 is 21.6 Å². The summed E-state index contributed by atoms with van der Waals surface area (Å²) < 4.78 is 44.5. The van der Waals surface area contributed by atoms with Gasteiger partial charge in [0.15, 0.2) is 11.3 Å². The number of pyridine rings is 1. The molecule has 4 rings (SSSR count). The van der Waals surface area contributed by atoms with E-state index in [4.69, 9.17) is 4.42 Å². The van der Waals surface area contributed by atoms with E-state index in [2.05, 4.69) is 10.3 Å². The molecule has 2 aromatic carbocycles. The molecule has 1 amide bonds. The third kappa shape index (κ3) is 3.95. The van der Waals surface area contributed by atoms with Crippen LogP contribution in [0.25, 0.3) is 11.0 Å². The first-order valence-electron chi connectivity index (χ1n) is 9.06. The topological polar surface area (TPSA) is 89.3 Å². The Balaban J connectivity index is 1.47. The predicted octanol–water partition coefficient (Wildman–Crippen LogP) is 4.04. The molecule has 0 spiro atoms. The highest BCUT2D eigenvalue weighted by molar-refractivity contribution is 7.91. The minimum absolute atomic E-state index is 0.0485. The molecule has 0 bridgehead atoms. The van der Waals surface area contributed by atoms with Crippen LogP contribution in [0.4, 0.5) is 4.39 Å². The van der Waals surface area contributed by atoms with E-state index in [0.717, 1.165) is 11.5 Å². The zero-order valence-electron chi connectivity index (χ0n) is 15.9. The van der Waals surface area contributed by atoms with Gasteiger partial charge in [-0.15, -0.1) is 0 Å². The van der Waals surface area contributed by atoms with Gasteiger partial charge in [-0.1, -0.05) is 12.1 Å². The van der Waals surface area contributed by atoms with E-state index in [0.29, 0.717) is 16.7 Å². The zero-order valence-corrected chi connectivity index (χ0v) is 16.7. The van der Waals surface area contributed by atoms with Crippen LogP contribution >= 0.6 is 0 Å². The molecule has 1 N–H and O–H groups in total. The van der Waals surface area contributed by atoms with Crippen molar-refractivity contribution in [3.63, 3.8) is 0 Å². The molecule has 0 unspecified atom stereocenters. The van der Waals surface area contributed by atoms with E-state index in [-0.39, 0.29) is 22.1 Å². The standard InChI is InChI=1S/C22H17FN2O4S/c1-14-8-17(23)11-19(9-14)30(27,28)18-4-2-15(3-5-18)12-25-22(26)20-10-16-6-7-24-13-21(16)29-20/h2-11,13H,12H2,1H3,(H,25,26). The van der Waals surface area contributed by atoms with Gasteiger partial charge in [0.05, 0.1) is 16.0 Å². The highest BCUT2D eigenvalue weighted by Crippen LogP contribution is 2.23. The van der Waals surface area contributed by atoms with Crippen molar-refractivity contribution in [3.8, 4) is 0 Å². The van der Waals surface area contributed by atoms with Crippen molar-refractivity contribution in [3.05, 3.63) is 89.7 Å². The lowest BCUT2D eigenvalue weighted by atomic mass is 10.2. The van der Waals surface area contributed by atoms with Gasteiger partial charge in [0.1, 0.15) is 5.82 Å². The van der Waals surface area contributed by atoms with Gasteiger partial charge in [-0.2, -0.15) is 0 Å². The van der Waals surface area contributed by atoms with Crippen LogP contribution in [-0.2, 0) is 16.4 Å². The summed E-state index contributed by atoms with van der Waals surface area (Å²) in [5.41, 5.74) is 1.74. The van der Waals surface area contributed by atoms with Crippen molar-refractivity contribution in [2.75, 3.05) is 0 Å². The lowest BCUT2D eigenvalue weighted by molar-refractivity contribution is 0.0925. The van der Waals surface area contributed by atoms with Gasteiger partial charge >= 0.3 is 0 Å². The predicted molar refractivity (Wildman–Crippen MR) is 108 cm³/mol. The summed E-state index contributed by atoms with van der Waals surface area (Å²) in [4.78, 5) is 16.2. The minimum Gasteiger partial charge on any atom is -0.449 e. The first-order chi connectivity index (χ1) is 14.3. The smallest absolute Gasteiger partial charge is 0.287 e. The number of benzene rings is 2. The Morgan fingerprint density at radius 1 is 1.07 bits per heavy atom. The number of hydrogen-bond acceptors (Lipinski definition) is 5. The van der Waals surface area contributed by atoms with Crippen molar-refractivity contribution in [2.24, 2.45) is 0 Å². The van der Waals surface area contributed by atoms with E-state index in [9.17, 15) is 17.6 Å². The Kier molecular flexibility index (Phi) is 5.09. The normalized spacial score (nSPS) is 11.5. The Labute approximate surface area is 172 Å². The van der Waals surface area contributed by atoms with E-state index >= 15 is 0 Å². The maximum atomic E-state index is 13.6. The molecule has 6 nitrogen and oxygen atoms in total. The van der Waals surface area contributed by atoms with E-state index in [1.807, 2.05) is 0 Å². The van der Waals surface area contributed by atoms with Gasteiger partial charge in [0.2, 0.25) is 9.84 Å². The Bertz CT molecular complexity index is 1290. The van der Waals surface area contributed by atoms with Gasteiger partial charge < -0.3 is 9.73 Å². The number of aromatic nitrogens is 1. The van der Waals surface area contributed by atoms with Crippen molar-refractivity contribution in [1.29, 1.82) is 0 Å². The number of carbonyl (C=O) groups is 1. The third-order valence-electron chi connectivity index (χ3n) is 4.56. The van der Waals surface area contributed by atoms with Crippen molar-refractivity contribution >= 4 is 26.7 Å². The molecule has 152 valence electrons. The fourth-order valence-corrected chi connectivity index (χ4v) is 4.42. The van der Waals surface area contributed by atoms with Gasteiger partial charge in [0, 0.05) is 18.1 Å². The second-order valence-corrected chi connectivity index (χ2v) is 8.77. The lowest BCUT2D eigenvalue weighted by Gasteiger charge is -2.08. The highest BCUT2D eigenvalue weighted by Gasteiger charge is 2.19. The average Bonchev–Trinajstić information content (AvgIpc) is 3.16. The quantitative estimate of drug-likeness (QED) is 0.522. The molecule has 0 saturated carbocycles. The third-order valence-corrected chi connectivity index (χ3v) is 6.31. The summed E-state index contributed by atoms with van der Waals surface area (Å²) >= 11 is 0. The van der Waals surface area contributed by atoms with Gasteiger partial charge in [-0.3, -0.25) is 9.78 Å². The number of furan rings is 1. The van der Waals surface area contributed by atoms with Crippen LogP contribution in [0.1, 0.15) is 21.7 Å². The number of hydrogen-bond donors (Lipinski definition) is 1. The Morgan fingerprint density at radius 2 is 1.83 bits per heavy atom. The second kappa shape index (κ2) is 7.72. The summed E-state index contributed by atoms with van der Waals surface area (Å²) in [5, 5.41) is 3.50. The van der Waals surface area contributed by atoms with Crippen LogP contribution < -0.4 is 5.32 Å². The number of carbonyl (C=O) groups excluding carboxylic acids is 1. The molecular weight excluding hydrogens is 407 g/mol. The Morgan fingerprint density at radius 3 is 2.53 bits per heavy atom. The monoisotopic (exact) mass is 424 g/mol. The zero-order chi connectivity index (χ0) is 21.3. The lowest BCUT2D eigenvalue weighted by Crippen LogP contribution is -2.22. The fraction of sp³-hybridized carbons (Fsp3) is 0.0909. The molecule has 2 aromatic heterocycles. The molecule has 0 atom stereocenters.